The van der Waals surface area contributed by atoms with Gasteiger partial charge in [-0.2, -0.15) is 18.6 Å². The number of aliphatic carboxylic acids is 1. The molecule has 5 aromatic carbocycles. The van der Waals surface area contributed by atoms with Gasteiger partial charge in [0, 0.05) is 20.6 Å². The number of benzene rings is 5. The summed E-state index contributed by atoms with van der Waals surface area (Å²) in [7, 11) is -4.46. The van der Waals surface area contributed by atoms with E-state index in [1.165, 1.54) is 42.1 Å². The standard InChI is InChI=1S/C36H28N8O6S2/c1-20-18-30(34(38)35(33(20)37)44-42-29-15-17-32(52(48,49)50)27-5-3-2-4-26(27)29)43-40-22-8-13-25(14-9-22)51-24-11-6-21(7-12-24)39-41-23-10-16-31(45)28(19-23)36(46)47/h2-19,39H,37-38H2,1H3,(H,46,47)(H,48,49,50)/b41-23+,43-40?,44-42?. The molecule has 52 heavy (non-hydrogen) atoms. The molecule has 0 fully saturated rings. The average Bonchev–Trinajstić information content (AvgIpc) is 3.12. The Morgan fingerprint density at radius 1 is 0.788 bits per heavy atom. The zero-order valence-electron chi connectivity index (χ0n) is 27.1. The van der Waals surface area contributed by atoms with Crippen molar-refractivity contribution in [2.45, 2.75) is 21.6 Å². The number of carbonyl (C=O) groups excluding carboxylic acids is 1. The van der Waals surface area contributed by atoms with Crippen LogP contribution in [0.3, 0.4) is 0 Å². The number of hydrazone groups is 1. The minimum absolute atomic E-state index is 0.151. The zero-order chi connectivity index (χ0) is 37.0. The maximum atomic E-state index is 11.9. The molecule has 0 radical (unpaired) electrons. The molecular weight excluding hydrogens is 705 g/mol. The monoisotopic (exact) mass is 732 g/mol. The molecule has 0 atom stereocenters. The van der Waals surface area contributed by atoms with Crippen molar-refractivity contribution >= 4 is 89.9 Å². The number of fused-ring (bicyclic) bond motifs is 1. The van der Waals surface area contributed by atoms with Gasteiger partial charge < -0.3 is 16.6 Å². The second-order valence-corrected chi connectivity index (χ2v) is 13.8. The maximum Gasteiger partial charge on any atom is 0.339 e. The number of aryl methyl sites for hydroxylation is 1. The van der Waals surface area contributed by atoms with E-state index in [4.69, 9.17) is 16.6 Å². The SMILES string of the molecule is Cc1cc(N=Nc2ccc(Sc3ccc(N/N=C4\C=CC(=O)C(C(=O)O)=C4)cc3)cc2)c(N)c(N=Nc2ccc(S(=O)(=O)O)c3ccccc23)c1N. The van der Waals surface area contributed by atoms with Crippen molar-refractivity contribution in [2.75, 3.05) is 16.9 Å². The molecule has 5 aromatic rings. The lowest BCUT2D eigenvalue weighted by Crippen LogP contribution is -2.15. The van der Waals surface area contributed by atoms with Crippen molar-refractivity contribution in [1.82, 2.24) is 0 Å². The number of azo groups is 2. The van der Waals surface area contributed by atoms with Gasteiger partial charge in [-0.25, -0.2) is 4.79 Å². The van der Waals surface area contributed by atoms with Crippen LogP contribution in [0.1, 0.15) is 5.56 Å². The Morgan fingerprint density at radius 2 is 1.44 bits per heavy atom. The molecule has 0 saturated heterocycles. The molecule has 0 aromatic heterocycles. The van der Waals surface area contributed by atoms with Crippen LogP contribution in [0.25, 0.3) is 10.8 Å². The predicted molar refractivity (Wildman–Crippen MR) is 200 cm³/mol. The van der Waals surface area contributed by atoms with Gasteiger partial charge in [0.25, 0.3) is 10.1 Å². The Bertz CT molecular complexity index is 2510. The van der Waals surface area contributed by atoms with Crippen LogP contribution in [0, 0.1) is 6.92 Å². The summed E-state index contributed by atoms with van der Waals surface area (Å²) in [6, 6.07) is 25.8. The van der Waals surface area contributed by atoms with Crippen molar-refractivity contribution in [3.8, 4) is 0 Å². The van der Waals surface area contributed by atoms with E-state index < -0.39 is 21.9 Å². The van der Waals surface area contributed by atoms with Crippen molar-refractivity contribution in [1.29, 1.82) is 0 Å². The Kier molecular flexibility index (Phi) is 10.0. The number of ketones is 1. The van der Waals surface area contributed by atoms with Gasteiger partial charge in [0.05, 0.1) is 34.1 Å². The number of hydrogen-bond acceptors (Lipinski definition) is 13. The van der Waals surface area contributed by atoms with Crippen LogP contribution in [-0.4, -0.2) is 35.5 Å². The number of nitrogens with one attached hydrogen (secondary N) is 1. The van der Waals surface area contributed by atoms with Crippen LogP contribution >= 0.6 is 11.8 Å². The summed E-state index contributed by atoms with van der Waals surface area (Å²) in [6.45, 7) is 1.77. The topological polar surface area (TPSA) is 235 Å². The molecule has 1 aliphatic carbocycles. The van der Waals surface area contributed by atoms with E-state index in [9.17, 15) is 22.6 Å². The zero-order valence-corrected chi connectivity index (χ0v) is 28.8. The molecule has 16 heteroatoms. The normalized spacial score (nSPS) is 14.1. The van der Waals surface area contributed by atoms with Crippen molar-refractivity contribution in [2.24, 2.45) is 25.6 Å². The minimum atomic E-state index is -4.46. The highest BCUT2D eigenvalue weighted by Crippen LogP contribution is 2.42. The number of nitrogen functional groups attached to an aromatic ring is 2. The molecule has 0 spiro atoms. The van der Waals surface area contributed by atoms with E-state index in [1.807, 2.05) is 48.5 Å². The van der Waals surface area contributed by atoms with Gasteiger partial charge in [-0.1, -0.05) is 36.0 Å². The summed E-state index contributed by atoms with van der Waals surface area (Å²) < 4.78 is 33.4. The fourth-order valence-electron chi connectivity index (χ4n) is 4.99. The van der Waals surface area contributed by atoms with Gasteiger partial charge in [0.15, 0.2) is 5.78 Å². The first kappa shape index (κ1) is 35.3. The average molecular weight is 733 g/mol. The Hall–Kier alpha value is -6.49. The summed E-state index contributed by atoms with van der Waals surface area (Å²) in [5.41, 5.74) is 18.7. The number of carboxylic acid groups (broad SMARTS) is 1. The number of anilines is 3. The third kappa shape index (κ3) is 7.94. The lowest BCUT2D eigenvalue weighted by molar-refractivity contribution is -0.134. The van der Waals surface area contributed by atoms with Gasteiger partial charge in [-0.3, -0.25) is 14.8 Å². The second-order valence-electron chi connectivity index (χ2n) is 11.2. The fraction of sp³-hybridized carbons (Fsp3) is 0.0278. The smallest absolute Gasteiger partial charge is 0.339 e. The van der Waals surface area contributed by atoms with E-state index in [0.717, 1.165) is 9.79 Å². The Balaban J connectivity index is 1.14. The maximum absolute atomic E-state index is 11.9. The van der Waals surface area contributed by atoms with Gasteiger partial charge in [-0.15, -0.1) is 15.3 Å². The van der Waals surface area contributed by atoms with Crippen LogP contribution in [0.4, 0.5) is 39.8 Å². The van der Waals surface area contributed by atoms with Crippen LogP contribution in [0.15, 0.2) is 155 Å². The van der Waals surface area contributed by atoms with Gasteiger partial charge >= 0.3 is 5.97 Å². The third-order valence-electron chi connectivity index (χ3n) is 7.67. The second kappa shape index (κ2) is 14.8. The molecule has 0 unspecified atom stereocenters. The molecule has 14 nitrogen and oxygen atoms in total. The highest BCUT2D eigenvalue weighted by atomic mass is 32.2. The number of nitrogens with zero attached hydrogens (tertiary/aromatic N) is 5. The van der Waals surface area contributed by atoms with Crippen LogP contribution in [-0.2, 0) is 19.7 Å². The first-order chi connectivity index (χ1) is 24.9. The molecule has 0 aliphatic heterocycles. The highest BCUT2D eigenvalue weighted by molar-refractivity contribution is 7.99. The summed E-state index contributed by atoms with van der Waals surface area (Å²) in [4.78, 5) is 24.5. The number of carbonyl (C=O) groups is 2. The van der Waals surface area contributed by atoms with Gasteiger partial charge in [0.2, 0.25) is 0 Å². The first-order valence-electron chi connectivity index (χ1n) is 15.3. The molecule has 260 valence electrons. The lowest BCUT2D eigenvalue weighted by atomic mass is 10.0. The fourth-order valence-corrected chi connectivity index (χ4v) is 6.50. The number of hydrogen-bond donors (Lipinski definition) is 5. The van der Waals surface area contributed by atoms with Gasteiger partial charge in [-0.05, 0) is 97.4 Å². The molecule has 0 heterocycles. The van der Waals surface area contributed by atoms with E-state index in [0.29, 0.717) is 45.1 Å². The van der Waals surface area contributed by atoms with Crippen molar-refractivity contribution in [3.63, 3.8) is 0 Å². The molecule has 0 saturated carbocycles. The largest absolute Gasteiger partial charge is 0.478 e. The number of rotatable bonds is 10. The highest BCUT2D eigenvalue weighted by Gasteiger charge is 2.19. The molecule has 7 N–H and O–H groups in total. The summed E-state index contributed by atoms with van der Waals surface area (Å²) in [6.07, 6.45) is 3.82. The summed E-state index contributed by atoms with van der Waals surface area (Å²) >= 11 is 1.53. The van der Waals surface area contributed by atoms with E-state index >= 15 is 0 Å². The molecule has 1 aliphatic rings. The summed E-state index contributed by atoms with van der Waals surface area (Å²) in [5, 5.41) is 31.3. The molecular formula is C36H28N8O6S2. The predicted octanol–water partition coefficient (Wildman–Crippen LogP) is 8.46. The van der Waals surface area contributed by atoms with E-state index in [-0.39, 0.29) is 27.2 Å². The lowest BCUT2D eigenvalue weighted by Gasteiger charge is -2.10. The van der Waals surface area contributed by atoms with Crippen molar-refractivity contribution in [3.05, 3.63) is 120 Å². The van der Waals surface area contributed by atoms with Gasteiger partial charge in [0.1, 0.15) is 21.8 Å². The minimum Gasteiger partial charge on any atom is -0.478 e. The summed E-state index contributed by atoms with van der Waals surface area (Å²) in [5.74, 6) is -1.89. The van der Waals surface area contributed by atoms with Crippen molar-refractivity contribution < 1.29 is 27.7 Å². The molecule has 6 rings (SSSR count). The number of nitrogens with two attached hydrogens (primary N) is 2. The number of carboxylic acids is 1. The Morgan fingerprint density at radius 3 is 2.12 bits per heavy atom. The van der Waals surface area contributed by atoms with Crippen LogP contribution in [0.2, 0.25) is 0 Å². The van der Waals surface area contributed by atoms with E-state index in [1.54, 1.807) is 37.3 Å². The first-order valence-corrected chi connectivity index (χ1v) is 17.5. The molecule has 0 bridgehead atoms. The van der Waals surface area contributed by atoms with Crippen LogP contribution in [0.5, 0.6) is 0 Å². The van der Waals surface area contributed by atoms with Crippen LogP contribution < -0.4 is 16.9 Å². The van der Waals surface area contributed by atoms with E-state index in [2.05, 4.69) is 31.0 Å². The molecule has 0 amide bonds. The third-order valence-corrected chi connectivity index (χ3v) is 9.60. The quantitative estimate of drug-likeness (QED) is 0.0229. The Labute approximate surface area is 301 Å². The number of allylic oxidation sites excluding steroid dienone is 3.